The lowest BCUT2D eigenvalue weighted by Gasteiger charge is -2.31. The van der Waals surface area contributed by atoms with Crippen LogP contribution in [0.3, 0.4) is 0 Å². The van der Waals surface area contributed by atoms with Gasteiger partial charge < -0.3 is 5.32 Å². The summed E-state index contributed by atoms with van der Waals surface area (Å²) in [6.45, 7) is 0. The molecule has 0 aliphatic heterocycles. The molecule has 14 heteroatoms. The molecule has 0 saturated heterocycles. The zero-order valence-corrected chi connectivity index (χ0v) is 23.2. The Labute approximate surface area is 246 Å². The third-order valence-corrected chi connectivity index (χ3v) is 7.15. The number of carbonyl (C=O) groups excluding carboxylic acids is 2. The number of nitrogens with one attached hydrogen (secondary N) is 3. The molecule has 4 rings (SSSR count). The first-order valence-corrected chi connectivity index (χ1v) is 13.4. The van der Waals surface area contributed by atoms with E-state index in [0.717, 1.165) is 16.1 Å². The second-order valence-corrected chi connectivity index (χ2v) is 9.98. The molecule has 1 heterocycles. The quantitative estimate of drug-likeness (QED) is 0.0537. The second-order valence-electron chi connectivity index (χ2n) is 9.58. The molecule has 1 aromatic heterocycles. The number of nitrogens with zero attached hydrogens (tertiary/aromatic N) is 5. The van der Waals surface area contributed by atoms with Gasteiger partial charge in [0.15, 0.2) is 5.82 Å². The van der Waals surface area contributed by atoms with Gasteiger partial charge in [-0.15, -0.1) is 5.11 Å². The first-order valence-electron chi connectivity index (χ1n) is 13.0. The summed E-state index contributed by atoms with van der Waals surface area (Å²) in [5.74, 6) is 11.0. The van der Waals surface area contributed by atoms with E-state index in [1.54, 1.807) is 54.6 Å². The minimum Gasteiger partial charge on any atom is -0.340 e. The number of benzene rings is 2. The number of anilines is 1. The van der Waals surface area contributed by atoms with Gasteiger partial charge in [0.1, 0.15) is 11.5 Å². The summed E-state index contributed by atoms with van der Waals surface area (Å²) in [5.41, 5.74) is 8.26. The van der Waals surface area contributed by atoms with Gasteiger partial charge in [0.25, 0.3) is 11.8 Å². The van der Waals surface area contributed by atoms with Gasteiger partial charge in [-0.2, -0.15) is 4.91 Å². The van der Waals surface area contributed by atoms with Crippen LogP contribution in [-0.4, -0.2) is 44.6 Å². The molecule has 216 valence electrons. The highest BCUT2D eigenvalue weighted by atomic mass is 35.5. The van der Waals surface area contributed by atoms with E-state index in [0.29, 0.717) is 42.6 Å². The largest absolute Gasteiger partial charge is 0.340 e. The van der Waals surface area contributed by atoms with Crippen LogP contribution in [0.4, 0.5) is 11.5 Å². The molecule has 0 radical (unpaired) electrons. The summed E-state index contributed by atoms with van der Waals surface area (Å²) in [6, 6.07) is 17.7. The molecular weight excluding hydrogens is 560 g/mol. The van der Waals surface area contributed by atoms with E-state index in [4.69, 9.17) is 34.2 Å². The Balaban J connectivity index is 1.62. The second kappa shape index (κ2) is 13.7. The van der Waals surface area contributed by atoms with Crippen molar-refractivity contribution in [2.75, 3.05) is 5.32 Å². The van der Waals surface area contributed by atoms with Gasteiger partial charge in [0.2, 0.25) is 0 Å². The lowest BCUT2D eigenvalue weighted by Crippen LogP contribution is -2.50. The van der Waals surface area contributed by atoms with Gasteiger partial charge in [0.05, 0.1) is 22.3 Å². The fourth-order valence-electron chi connectivity index (χ4n) is 4.51. The van der Waals surface area contributed by atoms with Crippen molar-refractivity contribution in [2.24, 2.45) is 22.0 Å². The van der Waals surface area contributed by atoms with Crippen LogP contribution in [0.25, 0.3) is 11.3 Å². The Hall–Kier alpha value is -4.85. The zero-order valence-electron chi connectivity index (χ0n) is 22.4. The third-order valence-electron chi connectivity index (χ3n) is 6.82. The molecular formula is C28H29ClN10O3. The number of rotatable bonds is 10. The van der Waals surface area contributed by atoms with Crippen molar-refractivity contribution in [1.82, 2.24) is 15.0 Å². The number of hydrogen-bond donors (Lipinski definition) is 5. The van der Waals surface area contributed by atoms with Crippen molar-refractivity contribution in [2.45, 2.75) is 37.8 Å². The molecule has 3 aromatic rings. The Bertz CT molecular complexity index is 1520. The van der Waals surface area contributed by atoms with Crippen molar-refractivity contribution in [1.29, 1.82) is 10.9 Å². The number of carbonyl (C=O) groups is 2. The lowest BCUT2D eigenvalue weighted by atomic mass is 9.91. The summed E-state index contributed by atoms with van der Waals surface area (Å²) in [7, 11) is 0. The van der Waals surface area contributed by atoms with Crippen LogP contribution < -0.4 is 17.0 Å². The zero-order chi connectivity index (χ0) is 30.2. The number of pyridine rings is 1. The van der Waals surface area contributed by atoms with Crippen molar-refractivity contribution >= 4 is 40.6 Å². The number of aromatic nitrogens is 1. The molecule has 0 spiro atoms. The van der Waals surface area contributed by atoms with Crippen LogP contribution in [-0.2, 0) is 4.79 Å². The molecule has 7 N–H and O–H groups in total. The first-order chi connectivity index (χ1) is 20.2. The summed E-state index contributed by atoms with van der Waals surface area (Å²) in [5, 5.41) is 19.7. The van der Waals surface area contributed by atoms with Crippen molar-refractivity contribution < 1.29 is 9.59 Å². The van der Waals surface area contributed by atoms with Gasteiger partial charge in [-0.1, -0.05) is 47.1 Å². The van der Waals surface area contributed by atoms with Crippen LogP contribution in [0.2, 0.25) is 5.02 Å². The number of amides is 2. The van der Waals surface area contributed by atoms with Crippen LogP contribution in [0.1, 0.15) is 36.0 Å². The fourth-order valence-corrected chi connectivity index (χ4v) is 4.71. The predicted molar refractivity (Wildman–Crippen MR) is 159 cm³/mol. The van der Waals surface area contributed by atoms with Crippen molar-refractivity contribution in [3.05, 3.63) is 94.1 Å². The molecule has 1 saturated carbocycles. The molecule has 2 amide bonds. The lowest BCUT2D eigenvalue weighted by molar-refractivity contribution is -0.127. The summed E-state index contributed by atoms with van der Waals surface area (Å²) >= 11 is 6.39. The van der Waals surface area contributed by atoms with Crippen LogP contribution >= 0.6 is 11.6 Å². The van der Waals surface area contributed by atoms with E-state index < -0.39 is 17.5 Å². The number of nitrogens with two attached hydrogens (primary N) is 2. The fraction of sp³-hybridized carbons (Fsp3) is 0.214. The number of hydrogen-bond acceptors (Lipinski definition) is 11. The third kappa shape index (κ3) is 7.07. The summed E-state index contributed by atoms with van der Waals surface area (Å²) in [4.78, 5) is 41.8. The maximum Gasteiger partial charge on any atom is 0.286 e. The highest BCUT2D eigenvalue weighted by Crippen LogP contribution is 2.27. The normalized spacial score (nSPS) is 16.7. The van der Waals surface area contributed by atoms with Gasteiger partial charge in [-0.25, -0.2) is 27.2 Å². The van der Waals surface area contributed by atoms with Crippen LogP contribution in [0, 0.1) is 15.8 Å². The van der Waals surface area contributed by atoms with Gasteiger partial charge >= 0.3 is 0 Å². The number of para-hydroxylation sites is 1. The maximum absolute atomic E-state index is 13.6. The SMILES string of the molecule is N=Nc1cccc(-c2ccc(Cl)c(C(=O)N(N)/C(=C/C(=N)C(=O)N(N)[C@H]3CC[C@H](N=O)CC3)Nc3ccccc3)c2)n1. The smallest absolute Gasteiger partial charge is 0.286 e. The first kappa shape index (κ1) is 30.1. The Morgan fingerprint density at radius 3 is 2.40 bits per heavy atom. The molecule has 0 bridgehead atoms. The minimum atomic E-state index is -0.781. The predicted octanol–water partition coefficient (Wildman–Crippen LogP) is 5.13. The Kier molecular flexibility index (Phi) is 9.81. The molecule has 0 atom stereocenters. The molecule has 1 aliphatic carbocycles. The Morgan fingerprint density at radius 2 is 1.74 bits per heavy atom. The van der Waals surface area contributed by atoms with E-state index in [-0.39, 0.29) is 34.3 Å². The van der Waals surface area contributed by atoms with Gasteiger partial charge in [-0.05, 0) is 62.1 Å². The van der Waals surface area contributed by atoms with E-state index in [1.807, 2.05) is 0 Å². The molecule has 1 fully saturated rings. The van der Waals surface area contributed by atoms with Gasteiger partial charge in [0, 0.05) is 23.4 Å². The van der Waals surface area contributed by atoms with E-state index in [9.17, 15) is 14.5 Å². The molecule has 2 aromatic carbocycles. The molecule has 42 heavy (non-hydrogen) atoms. The average molecular weight is 589 g/mol. The van der Waals surface area contributed by atoms with Crippen molar-refractivity contribution in [3.8, 4) is 11.3 Å². The maximum atomic E-state index is 13.6. The number of nitroso groups, excluding NO2 is 1. The van der Waals surface area contributed by atoms with Crippen molar-refractivity contribution in [3.63, 3.8) is 0 Å². The monoisotopic (exact) mass is 588 g/mol. The minimum absolute atomic E-state index is 0.0336. The molecule has 13 nitrogen and oxygen atoms in total. The van der Waals surface area contributed by atoms with E-state index in [2.05, 4.69) is 20.6 Å². The molecule has 0 unspecified atom stereocenters. The molecule has 1 aliphatic rings. The number of halogens is 1. The van der Waals surface area contributed by atoms with E-state index in [1.165, 1.54) is 12.1 Å². The number of hydrazine groups is 2. The highest BCUT2D eigenvalue weighted by Gasteiger charge is 2.30. The average Bonchev–Trinajstić information content (AvgIpc) is 3.03. The van der Waals surface area contributed by atoms with Crippen LogP contribution in [0.15, 0.2) is 88.9 Å². The van der Waals surface area contributed by atoms with Crippen LogP contribution in [0.5, 0.6) is 0 Å². The van der Waals surface area contributed by atoms with Gasteiger partial charge in [-0.3, -0.25) is 20.0 Å². The summed E-state index contributed by atoms with van der Waals surface area (Å²) in [6.07, 6.45) is 3.08. The van der Waals surface area contributed by atoms with E-state index >= 15 is 0 Å². The Morgan fingerprint density at radius 1 is 1.02 bits per heavy atom. The summed E-state index contributed by atoms with van der Waals surface area (Å²) < 4.78 is 0. The standard InChI is InChI=1S/C28H29ClN10O3/c29-22-14-9-17(24-7-4-8-25(35-24)36-31)15-21(22)27(40)39(33)26(34-18-5-2-1-3-6-18)16-23(30)28(41)38(32)20-12-10-19(37-42)11-13-20/h1-9,14-16,19-20,30-31,34H,10-13,32-33H2/b26-16+,30-23?,36-31?/t19-,20-. The highest BCUT2D eigenvalue weighted by molar-refractivity contribution is 6.42. The topological polar surface area (TPSA) is 207 Å².